The van der Waals surface area contributed by atoms with Gasteiger partial charge in [-0.2, -0.15) is 0 Å². The van der Waals surface area contributed by atoms with E-state index in [9.17, 15) is 19.7 Å². The number of amides is 2. The van der Waals surface area contributed by atoms with Gasteiger partial charge in [-0.15, -0.1) is 0 Å². The van der Waals surface area contributed by atoms with Crippen LogP contribution >= 0.6 is 12.2 Å². The van der Waals surface area contributed by atoms with Gasteiger partial charge in [-0.1, -0.05) is 0 Å². The van der Waals surface area contributed by atoms with E-state index >= 15 is 0 Å². The van der Waals surface area contributed by atoms with Crippen molar-refractivity contribution in [3.8, 4) is 0 Å². The highest BCUT2D eigenvalue weighted by atomic mass is 32.1. The minimum Gasteiger partial charge on any atom is -0.467 e. The monoisotopic (exact) mass is 450 g/mol. The van der Waals surface area contributed by atoms with E-state index in [2.05, 4.69) is 16.0 Å². The molecule has 162 valence electrons. The molecule has 3 N–H and O–H groups in total. The first-order chi connectivity index (χ1) is 15.4. The van der Waals surface area contributed by atoms with Gasteiger partial charge in [-0.3, -0.25) is 25.0 Å². The molecule has 9 nitrogen and oxygen atoms in total. The first-order valence-electron chi connectivity index (χ1n) is 9.36. The third-order valence-electron chi connectivity index (χ3n) is 4.18. The summed E-state index contributed by atoms with van der Waals surface area (Å²) in [5.74, 6) is -0.0599. The molecule has 3 aromatic rings. The van der Waals surface area contributed by atoms with Gasteiger partial charge in [0.15, 0.2) is 5.11 Å². The van der Waals surface area contributed by atoms with Gasteiger partial charge >= 0.3 is 0 Å². The van der Waals surface area contributed by atoms with E-state index in [4.69, 9.17) is 16.6 Å². The first kappa shape index (κ1) is 22.4. The van der Waals surface area contributed by atoms with E-state index in [1.807, 2.05) is 0 Å². The van der Waals surface area contributed by atoms with Gasteiger partial charge in [-0.25, -0.2) is 0 Å². The highest BCUT2D eigenvalue weighted by Crippen LogP contribution is 2.13. The van der Waals surface area contributed by atoms with Gasteiger partial charge in [0.2, 0.25) is 5.91 Å². The highest BCUT2D eigenvalue weighted by Gasteiger charge is 2.08. The Morgan fingerprint density at radius 1 is 1.06 bits per heavy atom. The van der Waals surface area contributed by atoms with E-state index in [0.717, 1.165) is 0 Å². The van der Waals surface area contributed by atoms with Crippen LogP contribution in [0.25, 0.3) is 6.08 Å². The summed E-state index contributed by atoms with van der Waals surface area (Å²) in [6.07, 6.45) is 4.31. The van der Waals surface area contributed by atoms with Crippen LogP contribution in [0.3, 0.4) is 0 Å². The van der Waals surface area contributed by atoms with Crippen molar-refractivity contribution in [3.63, 3.8) is 0 Å². The minimum atomic E-state index is -0.496. The molecule has 32 heavy (non-hydrogen) atoms. The van der Waals surface area contributed by atoms with Crippen molar-refractivity contribution < 1.29 is 18.9 Å². The summed E-state index contributed by atoms with van der Waals surface area (Å²) >= 11 is 5.12. The quantitative estimate of drug-likeness (QED) is 0.217. The molecule has 0 aliphatic heterocycles. The smallest absolute Gasteiger partial charge is 0.269 e. The molecule has 2 aromatic carbocycles. The van der Waals surface area contributed by atoms with Crippen molar-refractivity contribution in [2.75, 3.05) is 5.32 Å². The lowest BCUT2D eigenvalue weighted by molar-refractivity contribution is -0.384. The summed E-state index contributed by atoms with van der Waals surface area (Å²) in [5, 5.41) is 18.8. The van der Waals surface area contributed by atoms with Crippen LogP contribution in [0, 0.1) is 10.1 Å². The zero-order valence-electron chi connectivity index (χ0n) is 16.6. The third-order valence-corrected chi connectivity index (χ3v) is 4.38. The lowest BCUT2D eigenvalue weighted by Crippen LogP contribution is -2.32. The van der Waals surface area contributed by atoms with E-state index in [0.29, 0.717) is 22.6 Å². The molecule has 0 atom stereocenters. The van der Waals surface area contributed by atoms with Crippen LogP contribution in [0.5, 0.6) is 0 Å². The second kappa shape index (κ2) is 10.6. The number of carbonyl (C=O) groups is 2. The molecule has 3 rings (SSSR count). The average molecular weight is 450 g/mol. The van der Waals surface area contributed by atoms with Gasteiger partial charge in [0.1, 0.15) is 5.76 Å². The Morgan fingerprint density at radius 3 is 2.41 bits per heavy atom. The molecule has 0 bridgehead atoms. The number of carbonyl (C=O) groups excluding carboxylic acids is 2. The number of hydrogen-bond donors (Lipinski definition) is 3. The van der Waals surface area contributed by atoms with Gasteiger partial charge in [0.05, 0.1) is 17.7 Å². The largest absolute Gasteiger partial charge is 0.467 e. The Balaban J connectivity index is 1.47. The molecule has 0 aliphatic carbocycles. The maximum atomic E-state index is 12.2. The Morgan fingerprint density at radius 2 is 1.78 bits per heavy atom. The third kappa shape index (κ3) is 6.61. The summed E-state index contributed by atoms with van der Waals surface area (Å²) in [5.41, 5.74) is 1.66. The number of nitrogens with one attached hydrogen (secondary N) is 3. The summed E-state index contributed by atoms with van der Waals surface area (Å²) in [6, 6.07) is 15.8. The predicted molar refractivity (Wildman–Crippen MR) is 123 cm³/mol. The van der Waals surface area contributed by atoms with Gasteiger partial charge in [-0.05, 0) is 72.4 Å². The van der Waals surface area contributed by atoms with Gasteiger partial charge in [0, 0.05) is 29.5 Å². The van der Waals surface area contributed by atoms with Crippen LogP contribution in [-0.2, 0) is 11.3 Å². The molecule has 0 saturated carbocycles. The molecule has 0 spiro atoms. The van der Waals surface area contributed by atoms with Crippen molar-refractivity contribution in [1.82, 2.24) is 10.6 Å². The molecule has 1 heterocycles. The standard InChI is InChI=1S/C22H18N4O5S/c27-20(12-5-15-3-10-18(11-4-15)26(29)30)25-22(32)24-17-8-6-16(7-9-17)21(28)23-14-19-2-1-13-31-19/h1-13H,14H2,(H,23,28)(H2,24,25,27,32)/b12-5+. The fourth-order valence-electron chi connectivity index (χ4n) is 2.58. The number of anilines is 1. The summed E-state index contributed by atoms with van der Waals surface area (Å²) < 4.78 is 5.17. The number of nitro groups is 1. The number of non-ortho nitro benzene ring substituents is 1. The maximum absolute atomic E-state index is 12.2. The van der Waals surface area contributed by atoms with Crippen LogP contribution < -0.4 is 16.0 Å². The number of furan rings is 1. The zero-order valence-corrected chi connectivity index (χ0v) is 17.4. The lowest BCUT2D eigenvalue weighted by Gasteiger charge is -2.09. The van der Waals surface area contributed by atoms with Crippen molar-refractivity contribution in [1.29, 1.82) is 0 Å². The molecule has 0 unspecified atom stereocenters. The summed E-state index contributed by atoms with van der Waals surface area (Å²) in [6.45, 7) is 0.287. The molecular weight excluding hydrogens is 432 g/mol. The molecular formula is C22H18N4O5S. The molecule has 0 radical (unpaired) electrons. The van der Waals surface area contributed by atoms with Crippen LogP contribution in [-0.4, -0.2) is 21.9 Å². The fraction of sp³-hybridized carbons (Fsp3) is 0.0455. The van der Waals surface area contributed by atoms with Crippen LogP contribution in [0.1, 0.15) is 21.7 Å². The van der Waals surface area contributed by atoms with Crippen molar-refractivity contribution in [3.05, 3.63) is 100 Å². The van der Waals surface area contributed by atoms with Crippen molar-refractivity contribution >= 4 is 46.6 Å². The summed E-state index contributed by atoms with van der Waals surface area (Å²) in [7, 11) is 0. The van der Waals surface area contributed by atoms with Crippen LogP contribution in [0.4, 0.5) is 11.4 Å². The highest BCUT2D eigenvalue weighted by molar-refractivity contribution is 7.80. The lowest BCUT2D eigenvalue weighted by atomic mass is 10.2. The number of benzene rings is 2. The Hall–Kier alpha value is -4.31. The topological polar surface area (TPSA) is 127 Å². The molecule has 0 fully saturated rings. The van der Waals surface area contributed by atoms with Crippen LogP contribution in [0.15, 0.2) is 77.4 Å². The summed E-state index contributed by atoms with van der Waals surface area (Å²) in [4.78, 5) is 34.3. The number of hydrogen-bond acceptors (Lipinski definition) is 6. The van der Waals surface area contributed by atoms with Crippen LogP contribution in [0.2, 0.25) is 0 Å². The van der Waals surface area contributed by atoms with Crippen molar-refractivity contribution in [2.45, 2.75) is 6.54 Å². The Kier molecular flexibility index (Phi) is 7.44. The van der Waals surface area contributed by atoms with E-state index in [1.165, 1.54) is 42.7 Å². The number of nitrogens with zero attached hydrogens (tertiary/aromatic N) is 1. The normalized spacial score (nSPS) is 10.5. The second-order valence-corrected chi connectivity index (χ2v) is 6.87. The Bertz CT molecular complexity index is 1140. The Labute approximate surface area is 188 Å². The van der Waals surface area contributed by atoms with E-state index < -0.39 is 10.8 Å². The van der Waals surface area contributed by atoms with Gasteiger partial charge in [0.25, 0.3) is 11.6 Å². The molecule has 10 heteroatoms. The maximum Gasteiger partial charge on any atom is 0.269 e. The number of thiocarbonyl (C=S) groups is 1. The zero-order chi connectivity index (χ0) is 22.9. The van der Waals surface area contributed by atoms with E-state index in [1.54, 1.807) is 36.4 Å². The van der Waals surface area contributed by atoms with Crippen molar-refractivity contribution in [2.24, 2.45) is 0 Å². The molecule has 2 amide bonds. The fourth-order valence-corrected chi connectivity index (χ4v) is 2.80. The number of nitro benzene ring substituents is 1. The van der Waals surface area contributed by atoms with Gasteiger partial charge < -0.3 is 15.1 Å². The van der Waals surface area contributed by atoms with E-state index in [-0.39, 0.29) is 23.3 Å². The minimum absolute atomic E-state index is 0.0296. The number of rotatable bonds is 7. The predicted octanol–water partition coefficient (Wildman–Crippen LogP) is 3.64. The molecule has 0 saturated heterocycles. The molecule has 0 aliphatic rings. The SMILES string of the molecule is O=C(/C=C/c1ccc([N+](=O)[O-])cc1)NC(=S)Nc1ccc(C(=O)NCc2ccco2)cc1. The first-order valence-corrected chi connectivity index (χ1v) is 9.77. The second-order valence-electron chi connectivity index (χ2n) is 6.46. The average Bonchev–Trinajstić information content (AvgIpc) is 3.30. The molecule has 1 aromatic heterocycles.